The van der Waals surface area contributed by atoms with Crippen molar-refractivity contribution in [2.24, 2.45) is 0 Å². The highest BCUT2D eigenvalue weighted by Crippen LogP contribution is 2.42. The Morgan fingerprint density at radius 2 is 1.06 bits per heavy atom. The Kier molecular flexibility index (Phi) is 6.55. The Labute approximate surface area is 310 Å². The van der Waals surface area contributed by atoms with E-state index >= 15 is 0 Å². The first-order valence-electron chi connectivity index (χ1n) is 18.1. The first-order valence-corrected chi connectivity index (χ1v) is 18.1. The van der Waals surface area contributed by atoms with Gasteiger partial charge in [0.2, 0.25) is 0 Å². The van der Waals surface area contributed by atoms with Crippen LogP contribution in [0.1, 0.15) is 5.69 Å². The zero-order valence-electron chi connectivity index (χ0n) is 29.0. The van der Waals surface area contributed by atoms with Crippen molar-refractivity contribution in [1.82, 2.24) is 19.1 Å². The lowest BCUT2D eigenvalue weighted by Crippen LogP contribution is -1.97. The largest absolute Gasteiger partial charge is 0.309 e. The van der Waals surface area contributed by atoms with E-state index in [1.807, 2.05) is 36.4 Å². The van der Waals surface area contributed by atoms with Gasteiger partial charge in [-0.2, -0.15) is 5.26 Å². The molecular formula is C49H29N5. The molecule has 0 unspecified atom stereocenters. The van der Waals surface area contributed by atoms with Crippen LogP contribution in [0.2, 0.25) is 0 Å². The Balaban J connectivity index is 1.11. The molecule has 5 heteroatoms. The molecule has 11 aromatic rings. The second-order valence-corrected chi connectivity index (χ2v) is 13.7. The number of para-hydroxylation sites is 3. The maximum atomic E-state index is 9.83. The molecule has 0 aliphatic heterocycles. The van der Waals surface area contributed by atoms with Gasteiger partial charge in [0.15, 0.2) is 11.5 Å². The van der Waals surface area contributed by atoms with Crippen LogP contribution in [0, 0.1) is 11.3 Å². The molecule has 0 aliphatic rings. The van der Waals surface area contributed by atoms with Crippen LogP contribution in [-0.4, -0.2) is 19.1 Å². The second-order valence-electron chi connectivity index (χ2n) is 13.7. The van der Waals surface area contributed by atoms with E-state index < -0.39 is 0 Å². The molecular weight excluding hydrogens is 659 g/mol. The molecule has 54 heavy (non-hydrogen) atoms. The minimum Gasteiger partial charge on any atom is -0.309 e. The molecule has 0 aliphatic carbocycles. The summed E-state index contributed by atoms with van der Waals surface area (Å²) in [4.78, 5) is 9.42. The summed E-state index contributed by atoms with van der Waals surface area (Å²) >= 11 is 0. The molecule has 0 bridgehead atoms. The molecule has 250 valence electrons. The van der Waals surface area contributed by atoms with Gasteiger partial charge in [0.1, 0.15) is 6.07 Å². The first-order chi connectivity index (χ1) is 26.7. The summed E-state index contributed by atoms with van der Waals surface area (Å²) < 4.78 is 4.73. The van der Waals surface area contributed by atoms with Crippen molar-refractivity contribution in [3.05, 3.63) is 182 Å². The highest BCUT2D eigenvalue weighted by molar-refractivity contribution is 6.23. The average molecular weight is 688 g/mol. The smallest absolute Gasteiger partial charge is 0.161 e. The standard InChI is InChI=1S/C49H29N5/c50-30-42-38-15-6-8-18-41(38)51-49(52-42)32-21-25-35(26-22-32)54-43-19-9-7-16-39(43)47-37(17-10-20-45(47)54)33-24-27-44-40(29-33)48-36-14-5-4-11-31(36)23-28-46(48)53(44)34-12-2-1-3-13-34/h1-29H. The lowest BCUT2D eigenvalue weighted by atomic mass is 9.97. The van der Waals surface area contributed by atoms with E-state index in [1.165, 1.54) is 54.5 Å². The number of nitrogens with zero attached hydrogens (tertiary/aromatic N) is 5. The second kappa shape index (κ2) is 11.7. The van der Waals surface area contributed by atoms with Gasteiger partial charge in [-0.05, 0) is 101 Å². The molecule has 0 atom stereocenters. The van der Waals surface area contributed by atoms with Crippen molar-refractivity contribution in [1.29, 1.82) is 5.26 Å². The van der Waals surface area contributed by atoms with E-state index in [0.717, 1.165) is 38.9 Å². The zero-order valence-corrected chi connectivity index (χ0v) is 29.0. The normalized spacial score (nSPS) is 11.7. The van der Waals surface area contributed by atoms with Crippen LogP contribution in [0.15, 0.2) is 176 Å². The Hall–Kier alpha value is -7.55. The Morgan fingerprint density at radius 3 is 1.89 bits per heavy atom. The van der Waals surface area contributed by atoms with Crippen LogP contribution in [0.25, 0.3) is 99.2 Å². The SMILES string of the molecule is N#Cc1nc(-c2ccc(-n3c4ccccc4c4c(-c5ccc6c(c5)c5c7ccccc7ccc5n6-c5ccccc5)cccc43)cc2)nc2ccccc12. The number of hydrogen-bond acceptors (Lipinski definition) is 3. The van der Waals surface area contributed by atoms with Crippen molar-refractivity contribution in [3.63, 3.8) is 0 Å². The van der Waals surface area contributed by atoms with E-state index in [9.17, 15) is 5.26 Å². The number of fused-ring (bicyclic) bond motifs is 9. The molecule has 0 N–H and O–H groups in total. The predicted octanol–water partition coefficient (Wildman–Crippen LogP) is 12.2. The molecule has 0 fully saturated rings. The molecule has 0 radical (unpaired) electrons. The summed E-state index contributed by atoms with van der Waals surface area (Å²) in [6.45, 7) is 0. The van der Waals surface area contributed by atoms with Crippen molar-refractivity contribution < 1.29 is 0 Å². The average Bonchev–Trinajstić information content (AvgIpc) is 3.76. The Morgan fingerprint density at radius 1 is 0.426 bits per heavy atom. The van der Waals surface area contributed by atoms with Gasteiger partial charge in [0, 0.05) is 43.9 Å². The summed E-state index contributed by atoms with van der Waals surface area (Å²) in [5.41, 5.74) is 11.2. The third-order valence-electron chi connectivity index (χ3n) is 10.8. The summed E-state index contributed by atoms with van der Waals surface area (Å²) in [5.74, 6) is 0.540. The minimum atomic E-state index is 0.380. The van der Waals surface area contributed by atoms with Crippen molar-refractivity contribution in [3.8, 4) is 40.0 Å². The molecule has 3 heterocycles. The molecule has 0 saturated heterocycles. The van der Waals surface area contributed by atoms with Crippen LogP contribution in [0.5, 0.6) is 0 Å². The summed E-state index contributed by atoms with van der Waals surface area (Å²) in [5, 5.41) is 18.0. The quantitative estimate of drug-likeness (QED) is 0.185. The number of hydrogen-bond donors (Lipinski definition) is 0. The number of nitriles is 1. The fourth-order valence-electron chi connectivity index (χ4n) is 8.40. The number of benzene rings is 8. The van der Waals surface area contributed by atoms with Crippen LogP contribution in [-0.2, 0) is 0 Å². The van der Waals surface area contributed by atoms with Crippen molar-refractivity contribution >= 4 is 65.3 Å². The van der Waals surface area contributed by atoms with E-state index in [2.05, 4.69) is 160 Å². The van der Waals surface area contributed by atoms with E-state index in [4.69, 9.17) is 4.98 Å². The van der Waals surface area contributed by atoms with Gasteiger partial charge in [-0.15, -0.1) is 0 Å². The third kappa shape index (κ3) is 4.44. The molecule has 5 nitrogen and oxygen atoms in total. The number of rotatable bonds is 4. The van der Waals surface area contributed by atoms with Gasteiger partial charge >= 0.3 is 0 Å². The highest BCUT2D eigenvalue weighted by Gasteiger charge is 2.19. The molecule has 0 spiro atoms. The van der Waals surface area contributed by atoms with Crippen molar-refractivity contribution in [2.75, 3.05) is 0 Å². The van der Waals surface area contributed by atoms with Crippen molar-refractivity contribution in [2.45, 2.75) is 0 Å². The van der Waals surface area contributed by atoms with Gasteiger partial charge < -0.3 is 9.13 Å². The lowest BCUT2D eigenvalue weighted by Gasteiger charge is -2.11. The summed E-state index contributed by atoms with van der Waals surface area (Å²) in [7, 11) is 0. The first kappa shape index (κ1) is 30.1. The zero-order chi connectivity index (χ0) is 35.8. The number of aromatic nitrogens is 4. The van der Waals surface area contributed by atoms with Crippen LogP contribution < -0.4 is 0 Å². The van der Waals surface area contributed by atoms with Gasteiger partial charge in [0.25, 0.3) is 0 Å². The molecule has 11 rings (SSSR count). The summed E-state index contributed by atoms with van der Waals surface area (Å²) in [6.07, 6.45) is 0. The molecule has 0 amide bonds. The van der Waals surface area contributed by atoms with Crippen LogP contribution in [0.3, 0.4) is 0 Å². The maximum absolute atomic E-state index is 9.83. The molecule has 0 saturated carbocycles. The predicted molar refractivity (Wildman–Crippen MR) is 221 cm³/mol. The monoisotopic (exact) mass is 687 g/mol. The minimum absolute atomic E-state index is 0.380. The van der Waals surface area contributed by atoms with Gasteiger partial charge in [-0.1, -0.05) is 97.1 Å². The van der Waals surface area contributed by atoms with E-state index in [0.29, 0.717) is 11.5 Å². The van der Waals surface area contributed by atoms with Gasteiger partial charge in [-0.3, -0.25) is 0 Å². The fraction of sp³-hybridized carbons (Fsp3) is 0. The van der Waals surface area contributed by atoms with Gasteiger partial charge in [-0.25, -0.2) is 9.97 Å². The Bertz CT molecular complexity index is 3330. The maximum Gasteiger partial charge on any atom is 0.161 e. The molecule has 8 aromatic carbocycles. The third-order valence-corrected chi connectivity index (χ3v) is 10.8. The summed E-state index contributed by atoms with van der Waals surface area (Å²) in [6, 6.07) is 64.3. The van der Waals surface area contributed by atoms with Gasteiger partial charge in [0.05, 0.1) is 27.6 Å². The van der Waals surface area contributed by atoms with Crippen LogP contribution in [0.4, 0.5) is 0 Å². The van der Waals surface area contributed by atoms with E-state index in [1.54, 1.807) is 0 Å². The highest BCUT2D eigenvalue weighted by atomic mass is 15.0. The van der Waals surface area contributed by atoms with Crippen LogP contribution >= 0.6 is 0 Å². The fourth-order valence-corrected chi connectivity index (χ4v) is 8.40. The lowest BCUT2D eigenvalue weighted by molar-refractivity contribution is 1.17. The topological polar surface area (TPSA) is 59.4 Å². The van der Waals surface area contributed by atoms with E-state index in [-0.39, 0.29) is 0 Å². The molecule has 3 aromatic heterocycles.